The molecule has 0 radical (unpaired) electrons. The minimum Gasteiger partial charge on any atom is -0.394 e. The lowest BCUT2D eigenvalue weighted by atomic mass is 9.92. The molecule has 23 heavy (non-hydrogen) atoms. The molecular formula is C18H24N4O. The van der Waals surface area contributed by atoms with Crippen LogP contribution in [-0.2, 0) is 0 Å². The second-order valence-electron chi connectivity index (χ2n) is 6.66. The Balaban J connectivity index is 1.69. The first-order valence-electron chi connectivity index (χ1n) is 8.69. The second-order valence-corrected chi connectivity index (χ2v) is 6.66. The average Bonchev–Trinajstić information content (AvgIpc) is 3.10. The molecule has 2 aliphatic rings. The van der Waals surface area contributed by atoms with E-state index in [0.717, 1.165) is 50.8 Å². The van der Waals surface area contributed by atoms with Crippen molar-refractivity contribution in [1.82, 2.24) is 15.3 Å². The van der Waals surface area contributed by atoms with Crippen molar-refractivity contribution in [3.05, 3.63) is 30.2 Å². The molecule has 0 amide bonds. The fourth-order valence-electron chi connectivity index (χ4n) is 4.03. The van der Waals surface area contributed by atoms with Gasteiger partial charge in [0.1, 0.15) is 6.33 Å². The predicted molar refractivity (Wildman–Crippen MR) is 91.8 cm³/mol. The van der Waals surface area contributed by atoms with E-state index < -0.39 is 0 Å². The highest BCUT2D eigenvalue weighted by atomic mass is 16.3. The van der Waals surface area contributed by atoms with Crippen LogP contribution in [0, 0.1) is 0 Å². The molecule has 1 atom stereocenters. The summed E-state index contributed by atoms with van der Waals surface area (Å²) < 4.78 is 0. The van der Waals surface area contributed by atoms with Gasteiger partial charge in [-0.3, -0.25) is 0 Å². The summed E-state index contributed by atoms with van der Waals surface area (Å²) in [7, 11) is 0. The van der Waals surface area contributed by atoms with Crippen molar-refractivity contribution >= 4 is 16.6 Å². The standard InChI is InChI=1S/C18H24N4O/c23-11-15-2-1-9-22(15)14-3-4-16-17(10-14)20-12-21-18(16)13-5-7-19-8-6-13/h3-4,10,12-13,15,19,23H,1-2,5-9,11H2/t15-/m0/s1. The molecule has 2 saturated heterocycles. The molecule has 1 aromatic carbocycles. The quantitative estimate of drug-likeness (QED) is 0.908. The number of rotatable bonds is 3. The summed E-state index contributed by atoms with van der Waals surface area (Å²) in [6.45, 7) is 3.38. The summed E-state index contributed by atoms with van der Waals surface area (Å²) >= 11 is 0. The Morgan fingerprint density at radius 2 is 2.04 bits per heavy atom. The van der Waals surface area contributed by atoms with Gasteiger partial charge in [-0.1, -0.05) is 0 Å². The number of nitrogens with zero attached hydrogens (tertiary/aromatic N) is 3. The number of fused-ring (bicyclic) bond motifs is 1. The van der Waals surface area contributed by atoms with Gasteiger partial charge in [0.15, 0.2) is 0 Å². The first-order valence-corrected chi connectivity index (χ1v) is 8.69. The van der Waals surface area contributed by atoms with Gasteiger partial charge in [0.2, 0.25) is 0 Å². The third-order valence-electron chi connectivity index (χ3n) is 5.30. The van der Waals surface area contributed by atoms with E-state index in [1.807, 2.05) is 0 Å². The number of piperidine rings is 1. The van der Waals surface area contributed by atoms with Gasteiger partial charge in [0.05, 0.1) is 23.9 Å². The molecule has 0 aliphatic carbocycles. The molecule has 1 aromatic heterocycles. The number of benzene rings is 1. The van der Waals surface area contributed by atoms with Crippen LogP contribution in [0.25, 0.3) is 10.9 Å². The normalized spacial score (nSPS) is 22.8. The molecule has 122 valence electrons. The lowest BCUT2D eigenvalue weighted by Crippen LogP contribution is -2.31. The van der Waals surface area contributed by atoms with Crippen LogP contribution in [-0.4, -0.2) is 47.4 Å². The SMILES string of the molecule is OC[C@@H]1CCCN1c1ccc2c(C3CCNCC3)ncnc2c1. The van der Waals surface area contributed by atoms with Gasteiger partial charge in [0.25, 0.3) is 0 Å². The maximum absolute atomic E-state index is 9.55. The number of aliphatic hydroxyl groups excluding tert-OH is 1. The highest BCUT2D eigenvalue weighted by molar-refractivity contribution is 5.84. The summed E-state index contributed by atoms with van der Waals surface area (Å²) in [6, 6.07) is 6.76. The molecule has 5 nitrogen and oxygen atoms in total. The minimum atomic E-state index is 0.224. The summed E-state index contributed by atoms with van der Waals surface area (Å²) in [6.07, 6.45) is 6.21. The van der Waals surface area contributed by atoms with Gasteiger partial charge in [-0.25, -0.2) is 9.97 Å². The largest absolute Gasteiger partial charge is 0.394 e. The van der Waals surface area contributed by atoms with Gasteiger partial charge in [-0.2, -0.15) is 0 Å². The van der Waals surface area contributed by atoms with Crippen LogP contribution in [0.3, 0.4) is 0 Å². The third-order valence-corrected chi connectivity index (χ3v) is 5.30. The molecule has 0 saturated carbocycles. The second kappa shape index (κ2) is 6.42. The van der Waals surface area contributed by atoms with E-state index in [2.05, 4.69) is 38.4 Å². The maximum atomic E-state index is 9.55. The van der Waals surface area contributed by atoms with Gasteiger partial charge in [-0.15, -0.1) is 0 Å². The third kappa shape index (κ3) is 2.79. The number of hydrogen-bond acceptors (Lipinski definition) is 5. The molecule has 2 aromatic rings. The van der Waals surface area contributed by atoms with Crippen LogP contribution in [0.1, 0.15) is 37.3 Å². The highest BCUT2D eigenvalue weighted by Crippen LogP contribution is 2.32. The van der Waals surface area contributed by atoms with Gasteiger partial charge < -0.3 is 15.3 Å². The topological polar surface area (TPSA) is 61.3 Å². The first kappa shape index (κ1) is 14.8. The van der Waals surface area contributed by atoms with Crippen LogP contribution < -0.4 is 10.2 Å². The molecule has 0 bridgehead atoms. The number of anilines is 1. The lowest BCUT2D eigenvalue weighted by molar-refractivity contribution is 0.266. The smallest absolute Gasteiger partial charge is 0.116 e. The van der Waals surface area contributed by atoms with E-state index in [1.54, 1.807) is 6.33 Å². The molecule has 5 heteroatoms. The van der Waals surface area contributed by atoms with Crippen molar-refractivity contribution in [3.8, 4) is 0 Å². The van der Waals surface area contributed by atoms with Crippen LogP contribution in [0.2, 0.25) is 0 Å². The Bertz CT molecular complexity index is 684. The molecule has 2 N–H and O–H groups in total. The van der Waals surface area contributed by atoms with Crippen molar-refractivity contribution in [2.75, 3.05) is 31.1 Å². The van der Waals surface area contributed by atoms with Crippen molar-refractivity contribution < 1.29 is 5.11 Å². The number of aromatic nitrogens is 2. The molecule has 2 aliphatic heterocycles. The van der Waals surface area contributed by atoms with E-state index in [4.69, 9.17) is 0 Å². The van der Waals surface area contributed by atoms with Crippen LogP contribution in [0.15, 0.2) is 24.5 Å². The fourth-order valence-corrected chi connectivity index (χ4v) is 4.03. The number of aliphatic hydroxyl groups is 1. The number of nitrogens with one attached hydrogen (secondary N) is 1. The van der Waals surface area contributed by atoms with E-state index in [1.165, 1.54) is 16.8 Å². The Hall–Kier alpha value is -1.72. The molecule has 0 spiro atoms. The van der Waals surface area contributed by atoms with E-state index in [-0.39, 0.29) is 12.6 Å². The van der Waals surface area contributed by atoms with Crippen molar-refractivity contribution in [1.29, 1.82) is 0 Å². The van der Waals surface area contributed by atoms with Gasteiger partial charge in [0, 0.05) is 23.5 Å². The molecule has 3 heterocycles. The lowest BCUT2D eigenvalue weighted by Gasteiger charge is -2.26. The zero-order valence-electron chi connectivity index (χ0n) is 13.4. The maximum Gasteiger partial charge on any atom is 0.116 e. The minimum absolute atomic E-state index is 0.224. The fraction of sp³-hybridized carbons (Fsp3) is 0.556. The zero-order valence-corrected chi connectivity index (χ0v) is 13.4. The van der Waals surface area contributed by atoms with Crippen molar-refractivity contribution in [2.24, 2.45) is 0 Å². The number of hydrogen-bond donors (Lipinski definition) is 2. The molecular weight excluding hydrogens is 288 g/mol. The van der Waals surface area contributed by atoms with E-state index >= 15 is 0 Å². The Kier molecular flexibility index (Phi) is 4.14. The Labute approximate surface area is 136 Å². The predicted octanol–water partition coefficient (Wildman–Crippen LogP) is 2.06. The molecule has 2 fully saturated rings. The van der Waals surface area contributed by atoms with Crippen molar-refractivity contribution in [2.45, 2.75) is 37.6 Å². The Morgan fingerprint density at radius 1 is 1.17 bits per heavy atom. The zero-order chi connectivity index (χ0) is 15.6. The van der Waals surface area contributed by atoms with Crippen molar-refractivity contribution in [3.63, 3.8) is 0 Å². The highest BCUT2D eigenvalue weighted by Gasteiger charge is 2.25. The first-order chi connectivity index (χ1) is 11.4. The average molecular weight is 312 g/mol. The van der Waals surface area contributed by atoms with Crippen LogP contribution in [0.4, 0.5) is 5.69 Å². The Morgan fingerprint density at radius 3 is 2.87 bits per heavy atom. The summed E-state index contributed by atoms with van der Waals surface area (Å²) in [4.78, 5) is 11.4. The van der Waals surface area contributed by atoms with E-state index in [9.17, 15) is 5.11 Å². The molecule has 4 rings (SSSR count). The summed E-state index contributed by atoms with van der Waals surface area (Å²) in [5.41, 5.74) is 3.39. The van der Waals surface area contributed by atoms with Crippen LogP contribution >= 0.6 is 0 Å². The molecule has 0 unspecified atom stereocenters. The summed E-state index contributed by atoms with van der Waals surface area (Å²) in [5, 5.41) is 14.2. The van der Waals surface area contributed by atoms with Gasteiger partial charge >= 0.3 is 0 Å². The van der Waals surface area contributed by atoms with Crippen LogP contribution in [0.5, 0.6) is 0 Å². The van der Waals surface area contributed by atoms with Gasteiger partial charge in [-0.05, 0) is 57.0 Å². The summed E-state index contributed by atoms with van der Waals surface area (Å²) in [5.74, 6) is 0.532. The monoisotopic (exact) mass is 312 g/mol. The van der Waals surface area contributed by atoms with E-state index in [0.29, 0.717) is 5.92 Å².